The van der Waals surface area contributed by atoms with Crippen LogP contribution in [-0.2, 0) is 4.79 Å². The van der Waals surface area contributed by atoms with Gasteiger partial charge in [-0.15, -0.1) is 0 Å². The lowest BCUT2D eigenvalue weighted by Gasteiger charge is -2.43. The summed E-state index contributed by atoms with van der Waals surface area (Å²) in [4.78, 5) is 18.5. The van der Waals surface area contributed by atoms with Crippen LogP contribution < -0.4 is 9.64 Å². The molecule has 0 N–H and O–H groups in total. The summed E-state index contributed by atoms with van der Waals surface area (Å²) in [7, 11) is 1.70. The van der Waals surface area contributed by atoms with Crippen LogP contribution in [0.4, 0.5) is 5.69 Å². The molecule has 2 heterocycles. The van der Waals surface area contributed by atoms with Crippen LogP contribution in [0.3, 0.4) is 0 Å². The van der Waals surface area contributed by atoms with Gasteiger partial charge in [0.15, 0.2) is 0 Å². The number of piperidine rings is 1. The molecule has 1 aromatic rings. The molecule has 5 heteroatoms. The van der Waals surface area contributed by atoms with Crippen molar-refractivity contribution in [2.45, 2.75) is 25.8 Å². The molecule has 23 heavy (non-hydrogen) atoms. The van der Waals surface area contributed by atoms with Gasteiger partial charge in [-0.1, -0.05) is 0 Å². The number of ether oxygens (including phenoxy) is 1. The van der Waals surface area contributed by atoms with Crippen molar-refractivity contribution >= 4 is 11.6 Å². The number of anilines is 1. The van der Waals surface area contributed by atoms with Gasteiger partial charge in [-0.05, 0) is 37.1 Å². The highest BCUT2D eigenvalue weighted by Crippen LogP contribution is 2.23. The van der Waals surface area contributed by atoms with Crippen LogP contribution >= 0.6 is 0 Å². The van der Waals surface area contributed by atoms with Gasteiger partial charge in [0, 0.05) is 57.9 Å². The molecule has 0 spiro atoms. The molecule has 0 atom stereocenters. The second-order valence-corrected chi connectivity index (χ2v) is 6.46. The van der Waals surface area contributed by atoms with E-state index in [4.69, 9.17) is 4.74 Å². The van der Waals surface area contributed by atoms with E-state index in [0.29, 0.717) is 6.04 Å². The van der Waals surface area contributed by atoms with Gasteiger partial charge in [-0.2, -0.15) is 0 Å². The van der Waals surface area contributed by atoms with Crippen molar-refractivity contribution in [1.29, 1.82) is 0 Å². The summed E-state index contributed by atoms with van der Waals surface area (Å²) in [5, 5.41) is 0. The van der Waals surface area contributed by atoms with E-state index < -0.39 is 0 Å². The molecule has 0 radical (unpaired) electrons. The molecule has 1 amide bonds. The first-order valence-corrected chi connectivity index (χ1v) is 8.56. The van der Waals surface area contributed by atoms with E-state index in [1.54, 1.807) is 14.0 Å². The van der Waals surface area contributed by atoms with E-state index in [2.05, 4.69) is 21.9 Å². The molecular weight excluding hydrogens is 290 g/mol. The fourth-order valence-electron chi connectivity index (χ4n) is 3.68. The van der Waals surface area contributed by atoms with Gasteiger partial charge >= 0.3 is 0 Å². The lowest BCUT2D eigenvalue weighted by molar-refractivity contribution is -0.130. The number of nitrogens with zero attached hydrogens (tertiary/aromatic N) is 3. The normalized spacial score (nSPS) is 20.6. The lowest BCUT2D eigenvalue weighted by atomic mass is 10.0. The van der Waals surface area contributed by atoms with E-state index in [0.717, 1.165) is 57.9 Å². The van der Waals surface area contributed by atoms with Crippen molar-refractivity contribution < 1.29 is 9.53 Å². The van der Waals surface area contributed by atoms with Crippen LogP contribution in [0.15, 0.2) is 24.3 Å². The second-order valence-electron chi connectivity index (χ2n) is 6.46. The van der Waals surface area contributed by atoms with Gasteiger partial charge in [-0.25, -0.2) is 0 Å². The monoisotopic (exact) mass is 317 g/mol. The molecule has 3 rings (SSSR count). The zero-order valence-electron chi connectivity index (χ0n) is 14.2. The molecule has 2 aliphatic rings. The summed E-state index contributed by atoms with van der Waals surface area (Å²) in [6.45, 7) is 7.86. The fraction of sp³-hybridized carbons (Fsp3) is 0.611. The molecule has 1 aromatic carbocycles. The summed E-state index contributed by atoms with van der Waals surface area (Å²) in [5.41, 5.74) is 1.27. The van der Waals surface area contributed by atoms with Crippen LogP contribution in [0.2, 0.25) is 0 Å². The number of hydrogen-bond donors (Lipinski definition) is 0. The molecule has 5 nitrogen and oxygen atoms in total. The zero-order chi connectivity index (χ0) is 16.2. The highest BCUT2D eigenvalue weighted by molar-refractivity contribution is 5.73. The molecular formula is C18H27N3O2. The van der Waals surface area contributed by atoms with Crippen LogP contribution in [-0.4, -0.2) is 68.1 Å². The smallest absolute Gasteiger partial charge is 0.219 e. The van der Waals surface area contributed by atoms with Crippen molar-refractivity contribution in [3.05, 3.63) is 24.3 Å². The SMILES string of the molecule is COc1ccc(N2CCN(C3CCN(C(C)=O)CC3)CC2)cc1. The number of hydrogen-bond acceptors (Lipinski definition) is 4. The summed E-state index contributed by atoms with van der Waals surface area (Å²) < 4.78 is 5.22. The van der Waals surface area contributed by atoms with Crippen LogP contribution in [0.1, 0.15) is 19.8 Å². The van der Waals surface area contributed by atoms with Crippen LogP contribution in [0.25, 0.3) is 0 Å². The third kappa shape index (κ3) is 3.78. The van der Waals surface area contributed by atoms with Crippen molar-refractivity contribution in [2.24, 2.45) is 0 Å². The number of methoxy groups -OCH3 is 1. The zero-order valence-corrected chi connectivity index (χ0v) is 14.2. The molecule has 0 bridgehead atoms. The van der Waals surface area contributed by atoms with Gasteiger partial charge < -0.3 is 14.5 Å². The third-order valence-corrected chi connectivity index (χ3v) is 5.18. The van der Waals surface area contributed by atoms with Gasteiger partial charge in [0.25, 0.3) is 0 Å². The quantitative estimate of drug-likeness (QED) is 0.852. The second kappa shape index (κ2) is 7.21. The Hall–Kier alpha value is -1.75. The maximum Gasteiger partial charge on any atom is 0.219 e. The summed E-state index contributed by atoms with van der Waals surface area (Å²) >= 11 is 0. The van der Waals surface area contributed by atoms with Crippen LogP contribution in [0, 0.1) is 0 Å². The molecule has 0 unspecified atom stereocenters. The number of rotatable bonds is 3. The van der Waals surface area contributed by atoms with Crippen molar-refractivity contribution in [3.8, 4) is 5.75 Å². The Morgan fingerprint density at radius 1 is 1.00 bits per heavy atom. The number of likely N-dealkylation sites (tertiary alicyclic amines) is 1. The highest BCUT2D eigenvalue weighted by Gasteiger charge is 2.28. The molecule has 0 aromatic heterocycles. The van der Waals surface area contributed by atoms with E-state index in [-0.39, 0.29) is 5.91 Å². The van der Waals surface area contributed by atoms with Gasteiger partial charge in [-0.3, -0.25) is 9.69 Å². The van der Waals surface area contributed by atoms with Crippen molar-refractivity contribution in [2.75, 3.05) is 51.3 Å². The molecule has 2 saturated heterocycles. The largest absolute Gasteiger partial charge is 0.497 e. The Kier molecular flexibility index (Phi) is 5.06. The number of carbonyl (C=O) groups excluding carboxylic acids is 1. The Morgan fingerprint density at radius 2 is 1.61 bits per heavy atom. The molecule has 126 valence electrons. The van der Waals surface area contributed by atoms with Crippen LogP contribution in [0.5, 0.6) is 5.75 Å². The van der Waals surface area contributed by atoms with Gasteiger partial charge in [0.2, 0.25) is 5.91 Å². The molecule has 2 aliphatic heterocycles. The first kappa shape index (κ1) is 16.1. The number of piperazine rings is 1. The molecule has 2 fully saturated rings. The van der Waals surface area contributed by atoms with Crippen molar-refractivity contribution in [1.82, 2.24) is 9.80 Å². The predicted molar refractivity (Wildman–Crippen MR) is 92.1 cm³/mol. The fourth-order valence-corrected chi connectivity index (χ4v) is 3.68. The Bertz CT molecular complexity index is 516. The number of carbonyl (C=O) groups is 1. The van der Waals surface area contributed by atoms with E-state index >= 15 is 0 Å². The van der Waals surface area contributed by atoms with Crippen molar-refractivity contribution in [3.63, 3.8) is 0 Å². The minimum absolute atomic E-state index is 0.216. The Morgan fingerprint density at radius 3 is 2.13 bits per heavy atom. The maximum absolute atomic E-state index is 11.4. The highest BCUT2D eigenvalue weighted by atomic mass is 16.5. The van der Waals surface area contributed by atoms with E-state index in [1.807, 2.05) is 17.0 Å². The lowest BCUT2D eigenvalue weighted by Crippen LogP contribution is -2.53. The summed E-state index contributed by atoms with van der Waals surface area (Å²) in [6.07, 6.45) is 2.23. The molecule has 0 aliphatic carbocycles. The minimum Gasteiger partial charge on any atom is -0.497 e. The maximum atomic E-state index is 11.4. The Balaban J connectivity index is 1.49. The van der Waals surface area contributed by atoms with Gasteiger partial charge in [0.1, 0.15) is 5.75 Å². The summed E-state index contributed by atoms with van der Waals surface area (Å²) in [5.74, 6) is 1.12. The average molecular weight is 317 g/mol. The standard InChI is InChI=1S/C18H27N3O2/c1-15(22)19-9-7-17(8-10-19)21-13-11-20(12-14-21)16-3-5-18(23-2)6-4-16/h3-6,17H,7-14H2,1-2H3. The first-order chi connectivity index (χ1) is 11.2. The van der Waals surface area contributed by atoms with E-state index in [1.165, 1.54) is 5.69 Å². The topological polar surface area (TPSA) is 36.0 Å². The molecule has 0 saturated carbocycles. The minimum atomic E-state index is 0.216. The first-order valence-electron chi connectivity index (χ1n) is 8.56. The third-order valence-electron chi connectivity index (χ3n) is 5.18. The average Bonchev–Trinajstić information content (AvgIpc) is 2.62. The predicted octanol–water partition coefficient (Wildman–Crippen LogP) is 1.83. The Labute approximate surface area is 138 Å². The number of amides is 1. The summed E-state index contributed by atoms with van der Waals surface area (Å²) in [6, 6.07) is 8.97. The van der Waals surface area contributed by atoms with Gasteiger partial charge in [0.05, 0.1) is 7.11 Å². The number of benzene rings is 1. The van der Waals surface area contributed by atoms with E-state index in [9.17, 15) is 4.79 Å².